The van der Waals surface area contributed by atoms with Crippen LogP contribution in [0.2, 0.25) is 5.02 Å². The molecule has 1 aliphatic rings. The van der Waals surface area contributed by atoms with Crippen molar-refractivity contribution in [1.82, 2.24) is 0 Å². The molecule has 5 heteroatoms. The number of allylic oxidation sites excluding steroid dienone is 2. The molecule has 2 aromatic carbocycles. The van der Waals surface area contributed by atoms with Crippen molar-refractivity contribution in [3.63, 3.8) is 0 Å². The zero-order valence-electron chi connectivity index (χ0n) is 16.2. The average molecular weight is 396 g/mol. The number of carbonyl (C=O) groups is 1. The van der Waals surface area contributed by atoms with Crippen molar-refractivity contribution >= 4 is 23.0 Å². The van der Waals surface area contributed by atoms with Gasteiger partial charge in [-0.05, 0) is 47.2 Å². The number of ketones is 1. The van der Waals surface area contributed by atoms with Crippen LogP contribution in [0.5, 0.6) is 11.5 Å². The van der Waals surface area contributed by atoms with Crippen LogP contribution in [0.15, 0.2) is 42.2 Å². The fourth-order valence-electron chi connectivity index (χ4n) is 3.54. The summed E-state index contributed by atoms with van der Waals surface area (Å²) in [6, 6.07) is 12.4. The summed E-state index contributed by atoms with van der Waals surface area (Å²) in [5.41, 5.74) is 2.20. The van der Waals surface area contributed by atoms with Crippen molar-refractivity contribution in [3.8, 4) is 17.6 Å². The Morgan fingerprint density at radius 3 is 2.46 bits per heavy atom. The van der Waals surface area contributed by atoms with Gasteiger partial charge in [-0.25, -0.2) is 0 Å². The van der Waals surface area contributed by atoms with E-state index in [4.69, 9.17) is 21.6 Å². The smallest absolute Gasteiger partial charge is 0.167 e. The number of nitrogens with zero attached hydrogens (tertiary/aromatic N) is 1. The number of nitriles is 1. The first-order valence-corrected chi connectivity index (χ1v) is 9.58. The normalized spacial score (nSPS) is 16.0. The molecule has 0 saturated heterocycles. The van der Waals surface area contributed by atoms with E-state index in [1.165, 1.54) is 0 Å². The number of ether oxygens (including phenoxy) is 1. The molecule has 0 bridgehead atoms. The van der Waals surface area contributed by atoms with Gasteiger partial charge in [0.05, 0.1) is 16.2 Å². The van der Waals surface area contributed by atoms with Gasteiger partial charge >= 0.3 is 0 Å². The van der Waals surface area contributed by atoms with Gasteiger partial charge in [0, 0.05) is 18.9 Å². The lowest BCUT2D eigenvalue weighted by Gasteiger charge is -2.30. The Hall–Kier alpha value is -2.77. The van der Waals surface area contributed by atoms with Crippen molar-refractivity contribution < 1.29 is 14.6 Å². The van der Waals surface area contributed by atoms with Crippen LogP contribution < -0.4 is 4.74 Å². The number of hydrogen-bond donors (Lipinski definition) is 1. The van der Waals surface area contributed by atoms with E-state index in [1.807, 2.05) is 39.0 Å². The molecule has 3 rings (SSSR count). The van der Waals surface area contributed by atoms with Gasteiger partial charge in [0.15, 0.2) is 5.78 Å². The first-order valence-electron chi connectivity index (χ1n) is 9.20. The minimum atomic E-state index is -0.246. The van der Waals surface area contributed by atoms with E-state index in [0.29, 0.717) is 46.1 Å². The van der Waals surface area contributed by atoms with E-state index >= 15 is 0 Å². The van der Waals surface area contributed by atoms with Crippen LogP contribution in [0.3, 0.4) is 0 Å². The second-order valence-electron chi connectivity index (χ2n) is 7.79. The zero-order chi connectivity index (χ0) is 20.5. The highest BCUT2D eigenvalue weighted by Crippen LogP contribution is 2.41. The lowest BCUT2D eigenvalue weighted by Crippen LogP contribution is -2.25. The summed E-state index contributed by atoms with van der Waals surface area (Å²) >= 11 is 6.07. The van der Waals surface area contributed by atoms with E-state index in [2.05, 4.69) is 0 Å². The molecule has 0 spiro atoms. The molecule has 0 radical (unpaired) electrons. The van der Waals surface area contributed by atoms with Crippen LogP contribution in [0.1, 0.15) is 50.3 Å². The maximum Gasteiger partial charge on any atom is 0.167 e. The minimum absolute atomic E-state index is 0.0537. The summed E-state index contributed by atoms with van der Waals surface area (Å²) in [5, 5.41) is 19.9. The van der Waals surface area contributed by atoms with Crippen LogP contribution in [0.4, 0.5) is 0 Å². The van der Waals surface area contributed by atoms with Crippen molar-refractivity contribution in [2.24, 2.45) is 5.41 Å². The van der Waals surface area contributed by atoms with Crippen LogP contribution in [-0.2, 0) is 11.2 Å². The number of benzene rings is 2. The van der Waals surface area contributed by atoms with Crippen LogP contribution >= 0.6 is 11.6 Å². The highest BCUT2D eigenvalue weighted by atomic mass is 35.5. The van der Waals surface area contributed by atoms with E-state index in [0.717, 1.165) is 12.0 Å². The highest BCUT2D eigenvalue weighted by molar-refractivity contribution is 6.31. The number of aryl methyl sites for hydroxylation is 1. The number of Topliss-reactive ketones (excluding diaryl/α,β-unsaturated/α-hetero) is 1. The Balaban J connectivity index is 2.01. The van der Waals surface area contributed by atoms with E-state index in [-0.39, 0.29) is 17.0 Å². The molecule has 1 N–H and O–H groups in total. The molecule has 28 heavy (non-hydrogen) atoms. The van der Waals surface area contributed by atoms with Crippen molar-refractivity contribution in [2.45, 2.75) is 40.0 Å². The molecule has 0 amide bonds. The third kappa shape index (κ3) is 4.05. The van der Waals surface area contributed by atoms with Crippen LogP contribution in [0, 0.1) is 16.7 Å². The summed E-state index contributed by atoms with van der Waals surface area (Å²) < 4.78 is 5.89. The SMILES string of the molecule is CCc1ccc(Oc2ccc(C#N)c(Cl)c2)cc1C1=C(O)CC(C)(C)CC1=O. The van der Waals surface area contributed by atoms with Gasteiger partial charge in [-0.3, -0.25) is 4.79 Å². The highest BCUT2D eigenvalue weighted by Gasteiger charge is 2.34. The lowest BCUT2D eigenvalue weighted by molar-refractivity contribution is -0.116. The largest absolute Gasteiger partial charge is 0.512 e. The van der Waals surface area contributed by atoms with E-state index in [1.54, 1.807) is 24.3 Å². The van der Waals surface area contributed by atoms with Gasteiger partial charge in [-0.1, -0.05) is 38.4 Å². The Bertz CT molecular complexity index is 1010. The predicted octanol–water partition coefficient (Wildman–Crippen LogP) is 6.22. The van der Waals surface area contributed by atoms with E-state index < -0.39 is 0 Å². The molecule has 144 valence electrons. The second kappa shape index (κ2) is 7.69. The molecular weight excluding hydrogens is 374 g/mol. The Labute approximate surface area is 170 Å². The third-order valence-electron chi connectivity index (χ3n) is 4.88. The average Bonchev–Trinajstić information content (AvgIpc) is 2.60. The van der Waals surface area contributed by atoms with Gasteiger partial charge in [0.2, 0.25) is 0 Å². The number of aliphatic hydroxyl groups is 1. The first-order chi connectivity index (χ1) is 13.2. The molecule has 1 aliphatic carbocycles. The topological polar surface area (TPSA) is 70.3 Å². The summed E-state index contributed by atoms with van der Waals surface area (Å²) in [6.45, 7) is 5.97. The summed E-state index contributed by atoms with van der Waals surface area (Å²) in [7, 11) is 0. The zero-order valence-corrected chi connectivity index (χ0v) is 16.9. The minimum Gasteiger partial charge on any atom is -0.512 e. The lowest BCUT2D eigenvalue weighted by atomic mass is 9.74. The Morgan fingerprint density at radius 1 is 1.18 bits per heavy atom. The maximum atomic E-state index is 12.8. The predicted molar refractivity (Wildman–Crippen MR) is 110 cm³/mol. The second-order valence-corrected chi connectivity index (χ2v) is 8.20. The standard InChI is InChI=1S/C23H22ClNO3/c1-4-14-5-7-16(28-17-8-6-15(13-25)19(24)10-17)9-18(14)22-20(26)11-23(2,3)12-21(22)27/h5-10,26H,4,11-12H2,1-3H3. The third-order valence-corrected chi connectivity index (χ3v) is 5.19. The van der Waals surface area contributed by atoms with Crippen molar-refractivity contribution in [2.75, 3.05) is 0 Å². The van der Waals surface area contributed by atoms with E-state index in [9.17, 15) is 9.90 Å². The fourth-order valence-corrected chi connectivity index (χ4v) is 3.75. The van der Waals surface area contributed by atoms with Crippen LogP contribution in [-0.4, -0.2) is 10.9 Å². The number of rotatable bonds is 4. The maximum absolute atomic E-state index is 12.8. The Kier molecular flexibility index (Phi) is 5.49. The molecule has 2 aromatic rings. The Morgan fingerprint density at radius 2 is 1.86 bits per heavy atom. The molecule has 0 aliphatic heterocycles. The molecule has 0 atom stereocenters. The number of halogens is 1. The molecular formula is C23H22ClNO3. The quantitative estimate of drug-likeness (QED) is 0.666. The van der Waals surface area contributed by atoms with Gasteiger partial charge in [-0.15, -0.1) is 0 Å². The molecule has 4 nitrogen and oxygen atoms in total. The molecule has 0 saturated carbocycles. The van der Waals surface area contributed by atoms with Crippen LogP contribution in [0.25, 0.3) is 5.57 Å². The van der Waals surface area contributed by atoms with Gasteiger partial charge in [0.1, 0.15) is 23.3 Å². The number of aliphatic hydroxyl groups excluding tert-OH is 1. The van der Waals surface area contributed by atoms with Gasteiger partial charge in [0.25, 0.3) is 0 Å². The first kappa shape index (κ1) is 20.0. The van der Waals surface area contributed by atoms with Gasteiger partial charge in [-0.2, -0.15) is 5.26 Å². The van der Waals surface area contributed by atoms with Crippen molar-refractivity contribution in [3.05, 3.63) is 63.9 Å². The molecule has 0 unspecified atom stereocenters. The molecule has 0 heterocycles. The van der Waals surface area contributed by atoms with Gasteiger partial charge < -0.3 is 9.84 Å². The summed E-state index contributed by atoms with van der Waals surface area (Å²) in [4.78, 5) is 12.8. The molecule has 0 aromatic heterocycles. The van der Waals surface area contributed by atoms with Crippen molar-refractivity contribution in [1.29, 1.82) is 5.26 Å². The number of carbonyl (C=O) groups excluding carboxylic acids is 1. The fraction of sp³-hybridized carbons (Fsp3) is 0.304. The number of hydrogen-bond acceptors (Lipinski definition) is 4. The summed E-state index contributed by atoms with van der Waals surface area (Å²) in [5.74, 6) is 1.11. The molecule has 0 fully saturated rings. The summed E-state index contributed by atoms with van der Waals surface area (Å²) in [6.07, 6.45) is 1.59. The monoisotopic (exact) mass is 395 g/mol.